The van der Waals surface area contributed by atoms with Gasteiger partial charge in [-0.25, -0.2) is 0 Å². The summed E-state index contributed by atoms with van der Waals surface area (Å²) in [4.78, 5) is 15.0. The molecule has 0 fully saturated rings. The molecule has 0 atom stereocenters. The highest BCUT2D eigenvalue weighted by Gasteiger charge is 2.32. The Kier molecular flexibility index (Phi) is 3.37. The molecule has 0 spiro atoms. The van der Waals surface area contributed by atoms with E-state index < -0.39 is 4.92 Å². The molecule has 0 radical (unpaired) electrons. The minimum atomic E-state index is -0.395. The van der Waals surface area contributed by atoms with Crippen LogP contribution in [0.3, 0.4) is 0 Å². The molecule has 0 aromatic heterocycles. The van der Waals surface area contributed by atoms with Gasteiger partial charge in [-0.3, -0.25) is 15.1 Å². The standard InChI is InChI=1S/C18H16N2O2/c1-18(2)15-5-3-4-6-16(15)19-17(18)12-9-13-7-10-14(11-8-13)20(21)22/h3-12H,1-2H3/b12-9+. The maximum Gasteiger partial charge on any atom is 0.269 e. The summed E-state index contributed by atoms with van der Waals surface area (Å²) in [6, 6.07) is 14.6. The molecule has 1 heterocycles. The molecule has 3 rings (SSSR count). The molecular formula is C18H16N2O2. The number of allylic oxidation sites excluding steroid dienone is 1. The van der Waals surface area contributed by atoms with Crippen LogP contribution in [0, 0.1) is 10.1 Å². The predicted molar refractivity (Wildman–Crippen MR) is 88.7 cm³/mol. The van der Waals surface area contributed by atoms with Crippen molar-refractivity contribution in [2.24, 2.45) is 4.99 Å². The molecule has 0 bridgehead atoms. The van der Waals surface area contributed by atoms with E-state index in [2.05, 4.69) is 24.9 Å². The fourth-order valence-electron chi connectivity index (χ4n) is 2.64. The van der Waals surface area contributed by atoms with Gasteiger partial charge >= 0.3 is 0 Å². The smallest absolute Gasteiger partial charge is 0.258 e. The lowest BCUT2D eigenvalue weighted by molar-refractivity contribution is -0.384. The van der Waals surface area contributed by atoms with Gasteiger partial charge in [0.25, 0.3) is 5.69 Å². The van der Waals surface area contributed by atoms with Crippen molar-refractivity contribution in [1.29, 1.82) is 0 Å². The van der Waals surface area contributed by atoms with Crippen molar-refractivity contribution >= 4 is 23.2 Å². The highest BCUT2D eigenvalue weighted by molar-refractivity contribution is 6.10. The zero-order chi connectivity index (χ0) is 15.7. The van der Waals surface area contributed by atoms with Crippen molar-refractivity contribution in [1.82, 2.24) is 0 Å². The summed E-state index contributed by atoms with van der Waals surface area (Å²) in [6.45, 7) is 4.30. The van der Waals surface area contributed by atoms with Gasteiger partial charge in [-0.05, 0) is 35.4 Å². The molecule has 4 nitrogen and oxygen atoms in total. The number of benzene rings is 2. The first-order chi connectivity index (χ1) is 10.5. The third kappa shape index (κ3) is 2.44. The lowest BCUT2D eigenvalue weighted by Crippen LogP contribution is -2.23. The fourth-order valence-corrected chi connectivity index (χ4v) is 2.64. The molecule has 2 aromatic rings. The first-order valence-electron chi connectivity index (χ1n) is 7.10. The summed E-state index contributed by atoms with van der Waals surface area (Å²) in [5, 5.41) is 10.7. The van der Waals surface area contributed by atoms with Gasteiger partial charge in [0.2, 0.25) is 0 Å². The van der Waals surface area contributed by atoms with Crippen LogP contribution in [0.4, 0.5) is 11.4 Å². The van der Waals surface area contributed by atoms with Crippen molar-refractivity contribution in [2.45, 2.75) is 19.3 Å². The van der Waals surface area contributed by atoms with Crippen molar-refractivity contribution in [3.63, 3.8) is 0 Å². The molecule has 1 aliphatic rings. The number of aliphatic imine (C=N–C) groups is 1. The number of nitro benzene ring substituents is 1. The number of hydrogen-bond donors (Lipinski definition) is 0. The topological polar surface area (TPSA) is 55.5 Å². The number of hydrogen-bond acceptors (Lipinski definition) is 3. The highest BCUT2D eigenvalue weighted by Crippen LogP contribution is 2.40. The minimum absolute atomic E-state index is 0.100. The third-order valence-electron chi connectivity index (χ3n) is 4.00. The highest BCUT2D eigenvalue weighted by atomic mass is 16.6. The zero-order valence-corrected chi connectivity index (χ0v) is 12.5. The van der Waals surface area contributed by atoms with Gasteiger partial charge in [-0.1, -0.05) is 38.1 Å². The second-order valence-electron chi connectivity index (χ2n) is 5.82. The van der Waals surface area contributed by atoms with Crippen LogP contribution in [0.5, 0.6) is 0 Å². The summed E-state index contributed by atoms with van der Waals surface area (Å²) in [7, 11) is 0. The lowest BCUT2D eigenvalue weighted by atomic mass is 9.81. The van der Waals surface area contributed by atoms with Gasteiger partial charge in [0.1, 0.15) is 0 Å². The van der Waals surface area contributed by atoms with Gasteiger partial charge < -0.3 is 0 Å². The van der Waals surface area contributed by atoms with Gasteiger partial charge in [0, 0.05) is 17.5 Å². The van der Waals surface area contributed by atoms with E-state index in [-0.39, 0.29) is 11.1 Å². The molecule has 0 N–H and O–H groups in total. The molecular weight excluding hydrogens is 276 g/mol. The van der Waals surface area contributed by atoms with Crippen molar-refractivity contribution in [2.75, 3.05) is 0 Å². The summed E-state index contributed by atoms with van der Waals surface area (Å²) < 4.78 is 0. The summed E-state index contributed by atoms with van der Waals surface area (Å²) in [6.07, 6.45) is 3.93. The minimum Gasteiger partial charge on any atom is -0.258 e. The molecule has 0 unspecified atom stereocenters. The number of nitrogens with zero attached hydrogens (tertiary/aromatic N) is 2. The van der Waals surface area contributed by atoms with Crippen LogP contribution in [-0.4, -0.2) is 10.6 Å². The number of rotatable bonds is 3. The Labute approximate surface area is 129 Å². The van der Waals surface area contributed by atoms with Crippen LogP contribution in [0.2, 0.25) is 0 Å². The summed E-state index contributed by atoms with van der Waals surface area (Å²) >= 11 is 0. The Hall–Kier alpha value is -2.75. The molecule has 1 aliphatic heterocycles. The first-order valence-corrected chi connectivity index (χ1v) is 7.10. The number of non-ortho nitro benzene ring substituents is 1. The quantitative estimate of drug-likeness (QED) is 0.609. The normalized spacial score (nSPS) is 15.6. The molecule has 22 heavy (non-hydrogen) atoms. The van der Waals surface area contributed by atoms with E-state index in [1.165, 1.54) is 17.7 Å². The van der Waals surface area contributed by atoms with Crippen LogP contribution in [0.25, 0.3) is 6.08 Å². The molecule has 0 saturated heterocycles. The Morgan fingerprint density at radius 1 is 1.05 bits per heavy atom. The van der Waals surface area contributed by atoms with E-state index >= 15 is 0 Å². The Bertz CT molecular complexity index is 787. The van der Waals surface area contributed by atoms with E-state index in [1.54, 1.807) is 12.1 Å². The molecule has 0 amide bonds. The van der Waals surface area contributed by atoms with E-state index in [0.29, 0.717) is 0 Å². The van der Waals surface area contributed by atoms with Gasteiger partial charge in [-0.15, -0.1) is 0 Å². The maximum absolute atomic E-state index is 10.7. The molecule has 110 valence electrons. The molecule has 0 aliphatic carbocycles. The Morgan fingerprint density at radius 2 is 1.73 bits per heavy atom. The van der Waals surface area contributed by atoms with Crippen molar-refractivity contribution in [3.05, 3.63) is 75.8 Å². The number of para-hydroxylation sites is 1. The van der Waals surface area contributed by atoms with E-state index in [4.69, 9.17) is 0 Å². The van der Waals surface area contributed by atoms with E-state index in [0.717, 1.165) is 17.0 Å². The van der Waals surface area contributed by atoms with Crippen LogP contribution >= 0.6 is 0 Å². The second kappa shape index (κ2) is 5.22. The van der Waals surface area contributed by atoms with Crippen LogP contribution in [0.15, 0.2) is 59.6 Å². The number of fused-ring (bicyclic) bond motifs is 1. The van der Waals surface area contributed by atoms with Gasteiger partial charge in [0.15, 0.2) is 0 Å². The van der Waals surface area contributed by atoms with Crippen LogP contribution < -0.4 is 0 Å². The van der Waals surface area contributed by atoms with Gasteiger partial charge in [-0.2, -0.15) is 0 Å². The van der Waals surface area contributed by atoms with E-state index in [1.807, 2.05) is 30.4 Å². The van der Waals surface area contributed by atoms with Crippen LogP contribution in [0.1, 0.15) is 25.0 Å². The predicted octanol–water partition coefficient (Wildman–Crippen LogP) is 4.67. The summed E-state index contributed by atoms with van der Waals surface area (Å²) in [5.74, 6) is 0. The summed E-state index contributed by atoms with van der Waals surface area (Å²) in [5.41, 5.74) is 4.11. The van der Waals surface area contributed by atoms with E-state index in [9.17, 15) is 10.1 Å². The third-order valence-corrected chi connectivity index (χ3v) is 4.00. The van der Waals surface area contributed by atoms with Gasteiger partial charge in [0.05, 0.1) is 16.3 Å². The molecule has 4 heteroatoms. The first kappa shape index (κ1) is 14.2. The average molecular weight is 292 g/mol. The SMILES string of the molecule is CC1(C)C(/C=C/c2ccc([N+](=O)[O-])cc2)=Nc2ccccc21. The maximum atomic E-state index is 10.7. The number of nitro groups is 1. The largest absolute Gasteiger partial charge is 0.269 e. The Balaban J connectivity index is 1.86. The van der Waals surface area contributed by atoms with Crippen molar-refractivity contribution < 1.29 is 4.92 Å². The molecule has 2 aromatic carbocycles. The lowest BCUT2D eigenvalue weighted by Gasteiger charge is -2.20. The monoisotopic (exact) mass is 292 g/mol. The van der Waals surface area contributed by atoms with Crippen LogP contribution in [-0.2, 0) is 5.41 Å². The average Bonchev–Trinajstić information content (AvgIpc) is 2.77. The fraction of sp³-hybridized carbons (Fsp3) is 0.167. The second-order valence-corrected chi connectivity index (χ2v) is 5.82. The molecule has 0 saturated carbocycles. The zero-order valence-electron chi connectivity index (χ0n) is 12.5. The van der Waals surface area contributed by atoms with Crippen molar-refractivity contribution in [3.8, 4) is 0 Å². The Morgan fingerprint density at radius 3 is 2.36 bits per heavy atom.